The Balaban J connectivity index is 1.71. The van der Waals surface area contributed by atoms with Crippen molar-refractivity contribution in [1.82, 2.24) is 10.2 Å². The lowest BCUT2D eigenvalue weighted by Gasteiger charge is -2.31. The monoisotopic (exact) mass is 528 g/mol. The first-order valence-electron chi connectivity index (χ1n) is 12.3. The van der Waals surface area contributed by atoms with Gasteiger partial charge in [-0.15, -0.1) is 0 Å². The zero-order valence-electron chi connectivity index (χ0n) is 20.8. The number of carbonyl (C=O) groups excluding carboxylic acids is 2. The van der Waals surface area contributed by atoms with E-state index in [-0.39, 0.29) is 24.5 Å². The second-order valence-electron chi connectivity index (χ2n) is 9.66. The summed E-state index contributed by atoms with van der Waals surface area (Å²) in [6.45, 7) is 8.32. The molecule has 1 atom stereocenters. The maximum Gasteiger partial charge on any atom is 0.261 e. The Morgan fingerprint density at radius 3 is 2.35 bits per heavy atom. The summed E-state index contributed by atoms with van der Waals surface area (Å²) in [6.07, 6.45) is 5.53. The minimum Gasteiger partial charge on any atom is -0.483 e. The fourth-order valence-electron chi connectivity index (χ4n) is 4.26. The number of nitrogens with one attached hydrogen (secondary N) is 1. The van der Waals surface area contributed by atoms with Crippen LogP contribution in [-0.2, 0) is 16.1 Å². The molecule has 2 amide bonds. The Bertz CT molecular complexity index is 968. The van der Waals surface area contributed by atoms with Crippen molar-refractivity contribution < 1.29 is 14.3 Å². The molecule has 1 saturated carbocycles. The molecular weight excluding hydrogens is 492 g/mol. The van der Waals surface area contributed by atoms with Gasteiger partial charge in [0.25, 0.3) is 5.91 Å². The molecule has 5 nitrogen and oxygen atoms in total. The number of aryl methyl sites for hydroxylation is 1. The van der Waals surface area contributed by atoms with Gasteiger partial charge in [-0.2, -0.15) is 0 Å². The molecule has 34 heavy (non-hydrogen) atoms. The van der Waals surface area contributed by atoms with E-state index in [1.165, 1.54) is 12.0 Å². The summed E-state index contributed by atoms with van der Waals surface area (Å²) in [6, 6.07) is 13.6. The van der Waals surface area contributed by atoms with Gasteiger partial charge in [-0.25, -0.2) is 0 Å². The fraction of sp³-hybridized carbons (Fsp3) is 0.500. The molecule has 0 aromatic heterocycles. The zero-order valence-corrected chi connectivity index (χ0v) is 22.4. The standard InChI is InChI=1S/C28H37BrN2O3/c1-19(2)23-14-15-26(25(29)16-23)34-18-27(32)31(17-22-12-10-20(3)11-13-22)21(4)28(33)30-24-8-6-5-7-9-24/h10-16,19,21,24H,5-9,17-18H2,1-4H3,(H,30,33)/t21-/m1/s1. The molecule has 0 bridgehead atoms. The van der Waals surface area contributed by atoms with Crippen molar-refractivity contribution in [3.8, 4) is 5.75 Å². The third-order valence-electron chi connectivity index (χ3n) is 6.57. The van der Waals surface area contributed by atoms with Crippen molar-refractivity contribution in [3.63, 3.8) is 0 Å². The number of carbonyl (C=O) groups is 2. The molecule has 2 aromatic rings. The average Bonchev–Trinajstić information content (AvgIpc) is 2.82. The van der Waals surface area contributed by atoms with Crippen molar-refractivity contribution in [2.75, 3.05) is 6.61 Å². The summed E-state index contributed by atoms with van der Waals surface area (Å²) in [4.78, 5) is 28.0. The summed E-state index contributed by atoms with van der Waals surface area (Å²) < 4.78 is 6.70. The lowest BCUT2D eigenvalue weighted by Crippen LogP contribution is -2.51. The van der Waals surface area contributed by atoms with Gasteiger partial charge < -0.3 is 15.0 Å². The van der Waals surface area contributed by atoms with E-state index in [9.17, 15) is 9.59 Å². The Hall–Kier alpha value is -2.34. The third-order valence-corrected chi connectivity index (χ3v) is 7.19. The van der Waals surface area contributed by atoms with Crippen LogP contribution < -0.4 is 10.1 Å². The quantitative estimate of drug-likeness (QED) is 0.426. The molecule has 1 aliphatic rings. The number of halogens is 1. The summed E-state index contributed by atoms with van der Waals surface area (Å²) in [5, 5.41) is 3.17. The Labute approximate surface area is 212 Å². The van der Waals surface area contributed by atoms with Gasteiger partial charge in [0.15, 0.2) is 6.61 Å². The van der Waals surface area contributed by atoms with E-state index in [2.05, 4.69) is 35.1 Å². The summed E-state index contributed by atoms with van der Waals surface area (Å²) >= 11 is 3.56. The highest BCUT2D eigenvalue weighted by atomic mass is 79.9. The summed E-state index contributed by atoms with van der Waals surface area (Å²) in [5.74, 6) is 0.703. The maximum atomic E-state index is 13.3. The SMILES string of the molecule is Cc1ccc(CN(C(=O)COc2ccc(C(C)C)cc2Br)[C@H](C)C(=O)NC2CCCCC2)cc1. The van der Waals surface area contributed by atoms with Crippen LogP contribution in [0.5, 0.6) is 5.75 Å². The predicted molar refractivity (Wildman–Crippen MR) is 140 cm³/mol. The lowest BCUT2D eigenvalue weighted by atomic mass is 9.95. The normalized spacial score (nSPS) is 15.1. The molecule has 0 radical (unpaired) electrons. The summed E-state index contributed by atoms with van der Waals surface area (Å²) in [7, 11) is 0. The number of nitrogens with zero attached hydrogens (tertiary/aromatic N) is 1. The number of benzene rings is 2. The second kappa shape index (κ2) is 12.4. The second-order valence-corrected chi connectivity index (χ2v) is 10.5. The van der Waals surface area contributed by atoms with Gasteiger partial charge in [-0.05, 0) is 71.8 Å². The topological polar surface area (TPSA) is 58.6 Å². The van der Waals surface area contributed by atoms with Crippen LogP contribution in [0.1, 0.15) is 75.5 Å². The van der Waals surface area contributed by atoms with Crippen molar-refractivity contribution in [2.24, 2.45) is 0 Å². The Morgan fingerprint density at radius 1 is 1.06 bits per heavy atom. The molecule has 0 heterocycles. The molecule has 1 aliphatic carbocycles. The smallest absolute Gasteiger partial charge is 0.261 e. The van der Waals surface area contributed by atoms with Crippen LogP contribution in [0.25, 0.3) is 0 Å². The largest absolute Gasteiger partial charge is 0.483 e. The van der Waals surface area contributed by atoms with Gasteiger partial charge in [-0.1, -0.05) is 69.0 Å². The van der Waals surface area contributed by atoms with E-state index in [0.29, 0.717) is 18.2 Å². The number of rotatable bonds is 9. The van der Waals surface area contributed by atoms with Crippen LogP contribution in [0.3, 0.4) is 0 Å². The van der Waals surface area contributed by atoms with Gasteiger partial charge in [0, 0.05) is 12.6 Å². The molecule has 3 rings (SSSR count). The van der Waals surface area contributed by atoms with Gasteiger partial charge in [0.1, 0.15) is 11.8 Å². The van der Waals surface area contributed by atoms with Crippen molar-refractivity contribution in [1.29, 1.82) is 0 Å². The molecule has 6 heteroatoms. The average molecular weight is 530 g/mol. The van der Waals surface area contributed by atoms with Crippen LogP contribution in [-0.4, -0.2) is 35.4 Å². The lowest BCUT2D eigenvalue weighted by molar-refractivity contribution is -0.142. The predicted octanol–water partition coefficient (Wildman–Crippen LogP) is 6.13. The minimum absolute atomic E-state index is 0.102. The number of hydrogen-bond donors (Lipinski definition) is 1. The van der Waals surface area contributed by atoms with Crippen LogP contribution in [0.4, 0.5) is 0 Å². The van der Waals surface area contributed by atoms with Crippen LogP contribution in [0.15, 0.2) is 46.9 Å². The van der Waals surface area contributed by atoms with Gasteiger partial charge in [0.2, 0.25) is 5.91 Å². The van der Waals surface area contributed by atoms with E-state index < -0.39 is 6.04 Å². The van der Waals surface area contributed by atoms with Crippen molar-refractivity contribution in [2.45, 2.75) is 84.3 Å². The first kappa shape index (κ1) is 26.3. The third kappa shape index (κ3) is 7.33. The maximum absolute atomic E-state index is 13.3. The fourth-order valence-corrected chi connectivity index (χ4v) is 4.77. The Kier molecular flexibility index (Phi) is 9.57. The first-order valence-corrected chi connectivity index (χ1v) is 13.1. The van der Waals surface area contributed by atoms with Gasteiger partial charge in [0.05, 0.1) is 4.47 Å². The highest BCUT2D eigenvalue weighted by Crippen LogP contribution is 2.29. The molecule has 184 valence electrons. The molecule has 0 spiro atoms. The number of hydrogen-bond acceptors (Lipinski definition) is 3. The summed E-state index contributed by atoms with van der Waals surface area (Å²) in [5.41, 5.74) is 3.33. The number of ether oxygens (including phenoxy) is 1. The molecule has 0 unspecified atom stereocenters. The molecule has 2 aromatic carbocycles. The highest BCUT2D eigenvalue weighted by Gasteiger charge is 2.28. The molecular formula is C28H37BrN2O3. The van der Waals surface area contributed by atoms with E-state index in [4.69, 9.17) is 4.74 Å². The van der Waals surface area contributed by atoms with E-state index in [0.717, 1.165) is 41.3 Å². The van der Waals surface area contributed by atoms with Crippen LogP contribution in [0.2, 0.25) is 0 Å². The van der Waals surface area contributed by atoms with Crippen LogP contribution >= 0.6 is 15.9 Å². The molecule has 0 saturated heterocycles. The van der Waals surface area contributed by atoms with E-state index in [1.807, 2.05) is 49.4 Å². The van der Waals surface area contributed by atoms with Gasteiger partial charge in [-0.3, -0.25) is 9.59 Å². The van der Waals surface area contributed by atoms with E-state index in [1.54, 1.807) is 11.8 Å². The molecule has 1 fully saturated rings. The molecule has 1 N–H and O–H groups in total. The van der Waals surface area contributed by atoms with Crippen molar-refractivity contribution in [3.05, 3.63) is 63.6 Å². The first-order chi connectivity index (χ1) is 16.2. The van der Waals surface area contributed by atoms with Gasteiger partial charge >= 0.3 is 0 Å². The zero-order chi connectivity index (χ0) is 24.7. The highest BCUT2D eigenvalue weighted by molar-refractivity contribution is 9.10. The molecule has 0 aliphatic heterocycles. The van der Waals surface area contributed by atoms with Crippen LogP contribution in [0, 0.1) is 6.92 Å². The minimum atomic E-state index is -0.592. The number of amides is 2. The van der Waals surface area contributed by atoms with Crippen molar-refractivity contribution >= 4 is 27.7 Å². The van der Waals surface area contributed by atoms with E-state index >= 15 is 0 Å². The Morgan fingerprint density at radius 2 is 1.74 bits per heavy atom.